The lowest BCUT2D eigenvalue weighted by atomic mass is 10.2. The van der Waals surface area contributed by atoms with E-state index in [0.717, 1.165) is 16.4 Å². The van der Waals surface area contributed by atoms with Gasteiger partial charge in [-0.3, -0.25) is 4.79 Å². The first-order chi connectivity index (χ1) is 10.5. The van der Waals surface area contributed by atoms with Crippen LogP contribution in [0.3, 0.4) is 0 Å². The number of alkyl halides is 3. The molecule has 1 N–H and O–H groups in total. The third-order valence-corrected chi connectivity index (χ3v) is 5.50. The third kappa shape index (κ3) is 5.08. The van der Waals surface area contributed by atoms with E-state index in [-0.39, 0.29) is 28.6 Å². The lowest BCUT2D eigenvalue weighted by molar-refractivity contribution is -0.123. The predicted molar refractivity (Wildman–Crippen MR) is 79.9 cm³/mol. The van der Waals surface area contributed by atoms with Crippen molar-refractivity contribution in [1.82, 2.24) is 9.62 Å². The predicted octanol–water partition coefficient (Wildman–Crippen LogP) is 2.66. The first-order valence-electron chi connectivity index (χ1n) is 6.67. The van der Waals surface area contributed by atoms with E-state index < -0.39 is 28.7 Å². The number of rotatable bonds is 6. The zero-order chi connectivity index (χ0) is 17.8. The molecular formula is C13H16ClF3N2O3S. The van der Waals surface area contributed by atoms with Crippen molar-refractivity contribution in [3.63, 3.8) is 0 Å². The van der Waals surface area contributed by atoms with Crippen LogP contribution in [0.4, 0.5) is 13.2 Å². The molecule has 0 aliphatic carbocycles. The monoisotopic (exact) mass is 372 g/mol. The molecule has 23 heavy (non-hydrogen) atoms. The lowest BCUT2D eigenvalue weighted by Gasteiger charge is -2.19. The summed E-state index contributed by atoms with van der Waals surface area (Å²) in [6.45, 7) is 2.15. The van der Waals surface area contributed by atoms with Crippen LogP contribution in [-0.4, -0.2) is 44.4 Å². The second-order valence-corrected chi connectivity index (χ2v) is 6.85. The Kier molecular flexibility index (Phi) is 6.43. The Balaban J connectivity index is 3.16. The quantitative estimate of drug-likeness (QED) is 0.834. The topological polar surface area (TPSA) is 66.5 Å². The van der Waals surface area contributed by atoms with Gasteiger partial charge in [-0.2, -0.15) is 17.5 Å². The highest BCUT2D eigenvalue weighted by Crippen LogP contribution is 2.26. The van der Waals surface area contributed by atoms with Crippen molar-refractivity contribution < 1.29 is 26.4 Å². The van der Waals surface area contributed by atoms with Gasteiger partial charge < -0.3 is 5.32 Å². The normalized spacial score (nSPS) is 12.5. The smallest absolute Gasteiger partial charge is 0.343 e. The van der Waals surface area contributed by atoms with Crippen molar-refractivity contribution in [2.45, 2.75) is 24.9 Å². The Morgan fingerprint density at radius 1 is 1.26 bits per heavy atom. The van der Waals surface area contributed by atoms with E-state index in [4.69, 9.17) is 11.6 Å². The van der Waals surface area contributed by atoms with Gasteiger partial charge in [-0.1, -0.05) is 25.4 Å². The van der Waals surface area contributed by atoms with E-state index in [1.807, 2.05) is 0 Å². The maximum absolute atomic E-state index is 12.4. The van der Waals surface area contributed by atoms with E-state index in [1.165, 1.54) is 6.07 Å². The zero-order valence-corrected chi connectivity index (χ0v) is 14.0. The fraction of sp³-hybridized carbons (Fsp3) is 0.462. The molecule has 10 heteroatoms. The molecule has 0 unspecified atom stereocenters. The van der Waals surface area contributed by atoms with Gasteiger partial charge in [0.05, 0.1) is 5.02 Å². The van der Waals surface area contributed by atoms with Gasteiger partial charge in [0, 0.05) is 18.7 Å². The molecule has 1 aromatic rings. The molecule has 0 atom stereocenters. The van der Waals surface area contributed by atoms with E-state index in [0.29, 0.717) is 0 Å². The molecule has 5 nitrogen and oxygen atoms in total. The van der Waals surface area contributed by atoms with Crippen LogP contribution in [0.5, 0.6) is 0 Å². The van der Waals surface area contributed by atoms with Crippen LogP contribution in [0, 0.1) is 0 Å². The summed E-state index contributed by atoms with van der Waals surface area (Å²) in [7, 11) is -3.93. The molecule has 0 spiro atoms. The molecule has 0 aliphatic heterocycles. The Morgan fingerprint density at radius 2 is 1.83 bits per heavy atom. The highest BCUT2D eigenvalue weighted by molar-refractivity contribution is 7.89. The molecule has 0 bridgehead atoms. The van der Waals surface area contributed by atoms with Crippen LogP contribution in [-0.2, 0) is 10.0 Å². The Bertz CT molecular complexity index is 674. The SMILES string of the molecule is CCN(CC)S(=O)(=O)c1cc(C(=O)NCC(F)(F)F)ccc1Cl. The van der Waals surface area contributed by atoms with Gasteiger partial charge in [-0.25, -0.2) is 8.42 Å². The number of halogens is 4. The molecule has 130 valence electrons. The Labute approximate surface area is 137 Å². The molecule has 0 saturated carbocycles. The summed E-state index contributed by atoms with van der Waals surface area (Å²) in [5.74, 6) is -1.03. The van der Waals surface area contributed by atoms with Crippen molar-refractivity contribution in [3.8, 4) is 0 Å². The fourth-order valence-electron chi connectivity index (χ4n) is 1.83. The lowest BCUT2D eigenvalue weighted by Crippen LogP contribution is -2.34. The minimum absolute atomic E-state index is 0.107. The first kappa shape index (κ1) is 19.7. The first-order valence-corrected chi connectivity index (χ1v) is 8.49. The van der Waals surface area contributed by atoms with Crippen molar-refractivity contribution in [2.75, 3.05) is 19.6 Å². The van der Waals surface area contributed by atoms with Crippen molar-refractivity contribution in [2.24, 2.45) is 0 Å². The van der Waals surface area contributed by atoms with Crippen molar-refractivity contribution >= 4 is 27.5 Å². The number of carbonyl (C=O) groups is 1. The number of nitrogens with one attached hydrogen (secondary N) is 1. The van der Waals surface area contributed by atoms with Crippen LogP contribution in [0.1, 0.15) is 24.2 Å². The van der Waals surface area contributed by atoms with Crippen LogP contribution >= 0.6 is 11.6 Å². The second kappa shape index (κ2) is 7.50. The highest BCUT2D eigenvalue weighted by atomic mass is 35.5. The molecule has 0 aliphatic rings. The summed E-state index contributed by atoms with van der Waals surface area (Å²) in [6, 6.07) is 3.30. The number of hydrogen-bond donors (Lipinski definition) is 1. The fourth-order valence-corrected chi connectivity index (χ4v) is 3.79. The van der Waals surface area contributed by atoms with Gasteiger partial charge in [-0.15, -0.1) is 0 Å². The number of benzene rings is 1. The minimum atomic E-state index is -4.56. The molecule has 0 saturated heterocycles. The molecule has 1 amide bonds. The Morgan fingerprint density at radius 3 is 2.30 bits per heavy atom. The largest absolute Gasteiger partial charge is 0.405 e. The van der Waals surface area contributed by atoms with Crippen LogP contribution in [0.25, 0.3) is 0 Å². The maximum atomic E-state index is 12.4. The molecule has 1 aromatic carbocycles. The average molecular weight is 373 g/mol. The molecule has 1 rings (SSSR count). The van der Waals surface area contributed by atoms with E-state index in [2.05, 4.69) is 0 Å². The summed E-state index contributed by atoms with van der Waals surface area (Å²) < 4.78 is 62.4. The van der Waals surface area contributed by atoms with Crippen LogP contribution in [0.2, 0.25) is 5.02 Å². The summed E-state index contributed by atoms with van der Waals surface area (Å²) in [4.78, 5) is 11.4. The summed E-state index contributed by atoms with van der Waals surface area (Å²) in [5, 5.41) is 1.57. The molecule has 0 heterocycles. The van der Waals surface area contributed by atoms with Gasteiger partial charge >= 0.3 is 6.18 Å². The van der Waals surface area contributed by atoms with Crippen LogP contribution in [0.15, 0.2) is 23.1 Å². The number of nitrogens with zero attached hydrogens (tertiary/aromatic N) is 1. The molecule has 0 radical (unpaired) electrons. The number of hydrogen-bond acceptors (Lipinski definition) is 3. The summed E-state index contributed by atoms with van der Waals surface area (Å²) in [6.07, 6.45) is -4.56. The Hall–Kier alpha value is -1.32. The third-order valence-electron chi connectivity index (χ3n) is 2.97. The van der Waals surface area contributed by atoms with E-state index in [9.17, 15) is 26.4 Å². The summed E-state index contributed by atoms with van der Waals surface area (Å²) >= 11 is 5.88. The summed E-state index contributed by atoms with van der Waals surface area (Å²) in [5.41, 5.74) is -0.218. The van der Waals surface area contributed by atoms with Crippen molar-refractivity contribution in [1.29, 1.82) is 0 Å². The maximum Gasteiger partial charge on any atom is 0.405 e. The zero-order valence-electron chi connectivity index (χ0n) is 12.4. The van der Waals surface area contributed by atoms with E-state index in [1.54, 1.807) is 19.2 Å². The average Bonchev–Trinajstić information content (AvgIpc) is 2.45. The van der Waals surface area contributed by atoms with Gasteiger partial charge in [0.2, 0.25) is 10.0 Å². The van der Waals surface area contributed by atoms with Gasteiger partial charge in [0.15, 0.2) is 0 Å². The standard InChI is InChI=1S/C13H16ClF3N2O3S/c1-3-19(4-2)23(21,22)11-7-9(5-6-10(11)14)12(20)18-8-13(15,16)17/h5-7H,3-4,8H2,1-2H3,(H,18,20). The number of sulfonamides is 1. The van der Waals surface area contributed by atoms with Crippen molar-refractivity contribution in [3.05, 3.63) is 28.8 Å². The van der Waals surface area contributed by atoms with Crippen LogP contribution < -0.4 is 5.32 Å². The second-order valence-electron chi connectivity index (χ2n) is 4.53. The van der Waals surface area contributed by atoms with Gasteiger partial charge in [0.1, 0.15) is 11.4 Å². The molecule has 0 fully saturated rings. The van der Waals surface area contributed by atoms with E-state index >= 15 is 0 Å². The number of amides is 1. The highest BCUT2D eigenvalue weighted by Gasteiger charge is 2.29. The molecule has 0 aromatic heterocycles. The molecular weight excluding hydrogens is 357 g/mol. The minimum Gasteiger partial charge on any atom is -0.343 e. The van der Waals surface area contributed by atoms with Gasteiger partial charge in [0.25, 0.3) is 5.91 Å². The van der Waals surface area contributed by atoms with Gasteiger partial charge in [-0.05, 0) is 18.2 Å². The number of carbonyl (C=O) groups excluding carboxylic acids is 1.